The van der Waals surface area contributed by atoms with Crippen molar-refractivity contribution in [1.82, 2.24) is 0 Å². The molecule has 0 saturated heterocycles. The van der Waals surface area contributed by atoms with Crippen LogP contribution in [-0.2, 0) is 5.41 Å². The molecule has 0 unspecified atom stereocenters. The molecule has 0 fully saturated rings. The molecular weight excluding hydrogens is 284 g/mol. The summed E-state index contributed by atoms with van der Waals surface area (Å²) in [5.74, 6) is 0.871. The zero-order valence-corrected chi connectivity index (χ0v) is 13.5. The second-order valence-corrected chi connectivity index (χ2v) is 7.05. The van der Waals surface area contributed by atoms with Crippen LogP contribution >= 0.6 is 0 Å². The summed E-state index contributed by atoms with van der Waals surface area (Å²) in [5, 5.41) is 0.926. The molecule has 1 heterocycles. The van der Waals surface area contributed by atoms with E-state index in [1.54, 1.807) is 6.08 Å². The average Bonchev–Trinajstić information content (AvgIpc) is 2.90. The Kier molecular flexibility index (Phi) is 2.86. The molecule has 4 rings (SSSR count). The van der Waals surface area contributed by atoms with Crippen molar-refractivity contribution in [2.75, 3.05) is 0 Å². The molecule has 0 saturated carbocycles. The number of ketones is 1. The fourth-order valence-corrected chi connectivity index (χ4v) is 3.12. The molecule has 0 N–H and O–H groups in total. The van der Waals surface area contributed by atoms with Crippen molar-refractivity contribution < 1.29 is 9.21 Å². The summed E-state index contributed by atoms with van der Waals surface area (Å²) < 4.78 is 6.07. The van der Waals surface area contributed by atoms with Gasteiger partial charge in [0.1, 0.15) is 11.3 Å². The topological polar surface area (TPSA) is 30.2 Å². The summed E-state index contributed by atoms with van der Waals surface area (Å²) in [6.07, 6.45) is 3.49. The highest BCUT2D eigenvalue weighted by molar-refractivity contribution is 6.20. The molecule has 0 amide bonds. The zero-order valence-electron chi connectivity index (χ0n) is 13.5. The van der Waals surface area contributed by atoms with Crippen molar-refractivity contribution in [2.24, 2.45) is 0 Å². The summed E-state index contributed by atoms with van der Waals surface area (Å²) in [6.45, 7) is 6.61. The normalized spacial score (nSPS) is 13.8. The Morgan fingerprint density at radius 1 is 0.913 bits per heavy atom. The second-order valence-electron chi connectivity index (χ2n) is 7.05. The van der Waals surface area contributed by atoms with Crippen LogP contribution in [0.4, 0.5) is 0 Å². The van der Waals surface area contributed by atoms with Crippen LogP contribution in [0.25, 0.3) is 28.4 Å². The SMILES string of the molecule is CC(C)(C)c1ccc(-c2oc3cccc4c3c2C=CC4=O)cc1. The van der Waals surface area contributed by atoms with E-state index in [1.165, 1.54) is 5.56 Å². The van der Waals surface area contributed by atoms with Crippen molar-refractivity contribution in [3.05, 3.63) is 65.2 Å². The van der Waals surface area contributed by atoms with Gasteiger partial charge in [0.25, 0.3) is 0 Å². The van der Waals surface area contributed by atoms with Gasteiger partial charge < -0.3 is 4.42 Å². The summed E-state index contributed by atoms with van der Waals surface area (Å²) in [5.41, 5.74) is 4.94. The summed E-state index contributed by atoms with van der Waals surface area (Å²) in [6, 6.07) is 14.1. The third-order valence-electron chi connectivity index (χ3n) is 4.43. The van der Waals surface area contributed by atoms with Crippen molar-refractivity contribution in [3.8, 4) is 11.3 Å². The highest BCUT2D eigenvalue weighted by atomic mass is 16.3. The van der Waals surface area contributed by atoms with E-state index in [1.807, 2.05) is 24.3 Å². The minimum atomic E-state index is 0.0403. The molecule has 0 radical (unpaired) electrons. The Morgan fingerprint density at radius 2 is 1.65 bits per heavy atom. The molecule has 1 aromatic heterocycles. The van der Waals surface area contributed by atoms with Gasteiger partial charge in [0.05, 0.1) is 0 Å². The number of rotatable bonds is 1. The van der Waals surface area contributed by atoms with Gasteiger partial charge >= 0.3 is 0 Å². The molecule has 0 atom stereocenters. The Labute approximate surface area is 135 Å². The van der Waals surface area contributed by atoms with Crippen LogP contribution in [-0.4, -0.2) is 5.78 Å². The van der Waals surface area contributed by atoms with Gasteiger partial charge in [-0.15, -0.1) is 0 Å². The van der Waals surface area contributed by atoms with Gasteiger partial charge in [-0.25, -0.2) is 0 Å². The van der Waals surface area contributed by atoms with Crippen molar-refractivity contribution in [1.29, 1.82) is 0 Å². The highest BCUT2D eigenvalue weighted by Gasteiger charge is 2.22. The largest absolute Gasteiger partial charge is 0.455 e. The van der Waals surface area contributed by atoms with Gasteiger partial charge in [-0.1, -0.05) is 57.2 Å². The predicted molar refractivity (Wildman–Crippen MR) is 93.7 cm³/mol. The van der Waals surface area contributed by atoms with Gasteiger partial charge in [-0.2, -0.15) is 0 Å². The second kappa shape index (κ2) is 4.69. The van der Waals surface area contributed by atoms with Crippen LogP contribution in [0.15, 0.2) is 53.0 Å². The Balaban J connectivity index is 1.91. The number of allylic oxidation sites excluding steroid dienone is 1. The maximum absolute atomic E-state index is 12.0. The lowest BCUT2D eigenvalue weighted by molar-refractivity contribution is 0.104. The van der Waals surface area contributed by atoms with Crippen LogP contribution in [0.5, 0.6) is 0 Å². The van der Waals surface area contributed by atoms with Gasteiger partial charge in [0.2, 0.25) is 0 Å². The van der Waals surface area contributed by atoms with E-state index in [-0.39, 0.29) is 11.2 Å². The minimum absolute atomic E-state index is 0.0403. The molecule has 2 nitrogen and oxygen atoms in total. The highest BCUT2D eigenvalue weighted by Crippen LogP contribution is 2.39. The van der Waals surface area contributed by atoms with Crippen molar-refractivity contribution in [3.63, 3.8) is 0 Å². The van der Waals surface area contributed by atoms with Gasteiger partial charge in [0, 0.05) is 22.1 Å². The molecule has 3 aromatic rings. The Bertz CT molecular complexity index is 948. The maximum atomic E-state index is 12.0. The number of furan rings is 1. The van der Waals surface area contributed by atoms with Crippen molar-refractivity contribution in [2.45, 2.75) is 26.2 Å². The molecule has 114 valence electrons. The maximum Gasteiger partial charge on any atom is 0.186 e. The van der Waals surface area contributed by atoms with Crippen LogP contribution < -0.4 is 0 Å². The van der Waals surface area contributed by atoms with E-state index < -0.39 is 0 Å². The van der Waals surface area contributed by atoms with Crippen LogP contribution in [0.1, 0.15) is 42.3 Å². The number of carbonyl (C=O) groups is 1. The molecule has 0 aliphatic heterocycles. The number of hydrogen-bond donors (Lipinski definition) is 0. The Hall–Kier alpha value is -2.61. The molecule has 23 heavy (non-hydrogen) atoms. The standard InChI is InChI=1S/C21H18O2/c1-21(2,3)14-9-7-13(8-10-14)20-16-11-12-17(22)15-5-4-6-18(23-20)19(15)16/h4-12H,1-3H3. The van der Waals surface area contributed by atoms with E-state index >= 15 is 0 Å². The van der Waals surface area contributed by atoms with Crippen LogP contribution in [0.2, 0.25) is 0 Å². The Morgan fingerprint density at radius 3 is 2.35 bits per heavy atom. The smallest absolute Gasteiger partial charge is 0.186 e. The van der Waals surface area contributed by atoms with Gasteiger partial charge in [-0.05, 0) is 29.2 Å². The minimum Gasteiger partial charge on any atom is -0.455 e. The first-order valence-corrected chi connectivity index (χ1v) is 7.84. The first-order chi connectivity index (χ1) is 10.9. The third kappa shape index (κ3) is 2.14. The quantitative estimate of drug-likeness (QED) is 0.585. The summed E-state index contributed by atoms with van der Waals surface area (Å²) in [4.78, 5) is 12.0. The van der Waals surface area contributed by atoms with E-state index in [4.69, 9.17) is 4.42 Å². The predicted octanol–water partition coefficient (Wildman–Crippen LogP) is 5.61. The van der Waals surface area contributed by atoms with E-state index in [2.05, 4.69) is 45.0 Å². The monoisotopic (exact) mass is 302 g/mol. The lowest BCUT2D eigenvalue weighted by atomic mass is 9.86. The van der Waals surface area contributed by atoms with Gasteiger partial charge in [-0.3, -0.25) is 4.79 Å². The number of hydrogen-bond acceptors (Lipinski definition) is 2. The number of carbonyl (C=O) groups excluding carboxylic acids is 1. The fraction of sp³-hybridized carbons (Fsp3) is 0.190. The molecule has 0 bridgehead atoms. The third-order valence-corrected chi connectivity index (χ3v) is 4.43. The molecule has 2 aromatic carbocycles. The first kappa shape index (κ1) is 14.0. The molecule has 1 aliphatic rings. The van der Waals surface area contributed by atoms with Crippen LogP contribution in [0, 0.1) is 0 Å². The van der Waals surface area contributed by atoms with Gasteiger partial charge in [0.15, 0.2) is 5.78 Å². The molecule has 1 aliphatic carbocycles. The first-order valence-electron chi connectivity index (χ1n) is 7.84. The lowest BCUT2D eigenvalue weighted by Gasteiger charge is -2.19. The summed E-state index contributed by atoms with van der Waals surface area (Å²) >= 11 is 0. The molecule has 0 spiro atoms. The molecular formula is C21H18O2. The van der Waals surface area contributed by atoms with E-state index in [0.717, 1.165) is 33.4 Å². The van der Waals surface area contributed by atoms with E-state index in [9.17, 15) is 4.79 Å². The lowest BCUT2D eigenvalue weighted by Crippen LogP contribution is -2.10. The van der Waals surface area contributed by atoms with E-state index in [0.29, 0.717) is 0 Å². The molecule has 2 heteroatoms. The van der Waals surface area contributed by atoms with Crippen LogP contribution in [0.3, 0.4) is 0 Å². The summed E-state index contributed by atoms with van der Waals surface area (Å²) in [7, 11) is 0. The zero-order chi connectivity index (χ0) is 16.2. The average molecular weight is 302 g/mol. The fourth-order valence-electron chi connectivity index (χ4n) is 3.12. The van der Waals surface area contributed by atoms with Crippen molar-refractivity contribution >= 4 is 22.8 Å². The number of benzene rings is 2.